The number of methoxy groups -OCH3 is 1. The standard InChI is InChI=1S/C19H17Cl3N2O4/c1-28-19(27)12-5-6-13(21)15-16(12)24(7-2-8-25)18(23-15)17(26)11-4-3-10(20)9-14(11)22/h3-6,9,17,25-26H,2,7-8H2,1H3. The van der Waals surface area contributed by atoms with Crippen molar-refractivity contribution in [3.63, 3.8) is 0 Å². The maximum absolute atomic E-state index is 12.3. The molecule has 0 fully saturated rings. The quantitative estimate of drug-likeness (QED) is 0.557. The fourth-order valence-corrected chi connectivity index (χ4v) is 3.73. The van der Waals surface area contributed by atoms with E-state index in [0.29, 0.717) is 39.6 Å². The summed E-state index contributed by atoms with van der Waals surface area (Å²) in [5.41, 5.74) is 1.43. The summed E-state index contributed by atoms with van der Waals surface area (Å²) in [4.78, 5) is 16.7. The van der Waals surface area contributed by atoms with Gasteiger partial charge in [-0.2, -0.15) is 0 Å². The van der Waals surface area contributed by atoms with Gasteiger partial charge in [-0.25, -0.2) is 9.78 Å². The maximum Gasteiger partial charge on any atom is 0.340 e. The molecule has 3 rings (SSSR count). The van der Waals surface area contributed by atoms with E-state index in [4.69, 9.17) is 39.5 Å². The first-order valence-corrected chi connectivity index (χ1v) is 9.53. The Labute approximate surface area is 176 Å². The number of ether oxygens (including phenoxy) is 1. The molecule has 0 amide bonds. The lowest BCUT2D eigenvalue weighted by Gasteiger charge is -2.16. The van der Waals surface area contributed by atoms with Crippen molar-refractivity contribution in [3.8, 4) is 0 Å². The van der Waals surface area contributed by atoms with Gasteiger partial charge in [0.25, 0.3) is 0 Å². The van der Waals surface area contributed by atoms with Crippen LogP contribution in [0.1, 0.15) is 34.3 Å². The van der Waals surface area contributed by atoms with Crippen LogP contribution in [0.25, 0.3) is 11.0 Å². The molecule has 9 heteroatoms. The summed E-state index contributed by atoms with van der Waals surface area (Å²) in [6.07, 6.45) is -0.815. The molecule has 0 aliphatic heterocycles. The highest BCUT2D eigenvalue weighted by molar-refractivity contribution is 6.36. The largest absolute Gasteiger partial charge is 0.465 e. The zero-order valence-corrected chi connectivity index (χ0v) is 17.1. The van der Waals surface area contributed by atoms with Crippen LogP contribution in [-0.2, 0) is 11.3 Å². The summed E-state index contributed by atoms with van der Waals surface area (Å²) in [6, 6.07) is 7.83. The lowest BCUT2D eigenvalue weighted by atomic mass is 10.1. The minimum absolute atomic E-state index is 0.0783. The number of halogens is 3. The van der Waals surface area contributed by atoms with Gasteiger partial charge in [0.2, 0.25) is 0 Å². The molecule has 0 radical (unpaired) electrons. The monoisotopic (exact) mass is 442 g/mol. The normalized spacial score (nSPS) is 12.4. The maximum atomic E-state index is 12.3. The first-order chi connectivity index (χ1) is 13.4. The fraction of sp³-hybridized carbons (Fsp3) is 0.263. The number of aryl methyl sites for hydroxylation is 1. The van der Waals surface area contributed by atoms with Crippen LogP contribution in [0.3, 0.4) is 0 Å². The predicted molar refractivity (Wildman–Crippen MR) is 108 cm³/mol. The van der Waals surface area contributed by atoms with Crippen LogP contribution in [0.4, 0.5) is 0 Å². The van der Waals surface area contributed by atoms with E-state index >= 15 is 0 Å². The van der Waals surface area contributed by atoms with Crippen LogP contribution < -0.4 is 0 Å². The Hall–Kier alpha value is -1.83. The van der Waals surface area contributed by atoms with Crippen molar-refractivity contribution in [2.75, 3.05) is 13.7 Å². The summed E-state index contributed by atoms with van der Waals surface area (Å²) in [6.45, 7) is 0.222. The van der Waals surface area contributed by atoms with Crippen molar-refractivity contribution in [1.82, 2.24) is 9.55 Å². The molecule has 0 bridgehead atoms. The van der Waals surface area contributed by atoms with Crippen LogP contribution >= 0.6 is 34.8 Å². The number of carbonyl (C=O) groups is 1. The number of nitrogens with zero attached hydrogens (tertiary/aromatic N) is 2. The zero-order valence-electron chi connectivity index (χ0n) is 14.8. The zero-order chi connectivity index (χ0) is 20.4. The smallest absolute Gasteiger partial charge is 0.340 e. The van der Waals surface area contributed by atoms with Gasteiger partial charge in [0.15, 0.2) is 0 Å². The Morgan fingerprint density at radius 3 is 2.61 bits per heavy atom. The van der Waals surface area contributed by atoms with Crippen LogP contribution in [0, 0.1) is 0 Å². The molecule has 0 saturated carbocycles. The third-order valence-electron chi connectivity index (χ3n) is 4.32. The number of imidazole rings is 1. The van der Waals surface area contributed by atoms with Crippen molar-refractivity contribution in [1.29, 1.82) is 0 Å². The second-order valence-electron chi connectivity index (χ2n) is 6.05. The van der Waals surface area contributed by atoms with Gasteiger partial charge in [0.05, 0.1) is 23.2 Å². The second-order valence-corrected chi connectivity index (χ2v) is 7.30. The SMILES string of the molecule is COC(=O)c1ccc(Cl)c2nc(C(O)c3ccc(Cl)cc3Cl)n(CCCO)c12. The van der Waals surface area contributed by atoms with Gasteiger partial charge < -0.3 is 19.5 Å². The third kappa shape index (κ3) is 3.83. The van der Waals surface area contributed by atoms with E-state index in [-0.39, 0.29) is 23.0 Å². The van der Waals surface area contributed by atoms with Gasteiger partial charge in [0.1, 0.15) is 17.4 Å². The van der Waals surface area contributed by atoms with Gasteiger partial charge >= 0.3 is 5.97 Å². The second kappa shape index (κ2) is 8.68. The average molecular weight is 444 g/mol. The number of hydrogen-bond donors (Lipinski definition) is 2. The van der Waals surface area contributed by atoms with Crippen LogP contribution in [0.5, 0.6) is 0 Å². The van der Waals surface area contributed by atoms with Crippen LogP contribution in [-0.4, -0.2) is 39.5 Å². The number of aliphatic hydroxyl groups is 2. The molecular formula is C19H17Cl3N2O4. The molecule has 1 aromatic heterocycles. The Morgan fingerprint density at radius 2 is 1.96 bits per heavy atom. The van der Waals surface area contributed by atoms with Crippen LogP contribution in [0.2, 0.25) is 15.1 Å². The predicted octanol–water partition coefficient (Wildman–Crippen LogP) is 4.25. The molecule has 2 N–H and O–H groups in total. The number of esters is 1. The number of hydrogen-bond acceptors (Lipinski definition) is 5. The fourth-order valence-electron chi connectivity index (χ4n) is 3.03. The van der Waals surface area contributed by atoms with Crippen molar-refractivity contribution in [2.24, 2.45) is 0 Å². The molecule has 2 aromatic carbocycles. The van der Waals surface area contributed by atoms with E-state index in [2.05, 4.69) is 4.98 Å². The minimum atomic E-state index is -1.20. The number of fused-ring (bicyclic) bond motifs is 1. The van der Waals surface area contributed by atoms with E-state index in [9.17, 15) is 15.0 Å². The van der Waals surface area contributed by atoms with Crippen molar-refractivity contribution >= 4 is 51.8 Å². The summed E-state index contributed by atoms with van der Waals surface area (Å²) < 4.78 is 6.51. The van der Waals surface area contributed by atoms with Gasteiger partial charge in [-0.1, -0.05) is 40.9 Å². The average Bonchev–Trinajstić information content (AvgIpc) is 3.06. The van der Waals surface area contributed by atoms with Crippen LogP contribution in [0.15, 0.2) is 30.3 Å². The lowest BCUT2D eigenvalue weighted by Crippen LogP contribution is -2.13. The van der Waals surface area contributed by atoms with Crippen molar-refractivity contribution < 1.29 is 19.7 Å². The van der Waals surface area contributed by atoms with E-state index in [1.807, 2.05) is 0 Å². The van der Waals surface area contributed by atoms with Gasteiger partial charge in [0, 0.05) is 28.8 Å². The number of benzene rings is 2. The first kappa shape index (κ1) is 20.9. The molecule has 0 saturated heterocycles. The Kier molecular flexibility index (Phi) is 6.47. The summed E-state index contributed by atoms with van der Waals surface area (Å²) >= 11 is 18.5. The molecule has 0 spiro atoms. The molecule has 3 aromatic rings. The topological polar surface area (TPSA) is 84.6 Å². The van der Waals surface area contributed by atoms with Gasteiger partial charge in [-0.15, -0.1) is 0 Å². The number of aliphatic hydroxyl groups excluding tert-OH is 2. The molecule has 1 unspecified atom stereocenters. The molecule has 148 valence electrons. The third-order valence-corrected chi connectivity index (χ3v) is 5.19. The first-order valence-electron chi connectivity index (χ1n) is 8.39. The van der Waals surface area contributed by atoms with E-state index in [1.165, 1.54) is 13.2 Å². The highest BCUT2D eigenvalue weighted by Gasteiger charge is 2.26. The van der Waals surface area contributed by atoms with E-state index in [1.54, 1.807) is 28.8 Å². The number of carbonyl (C=O) groups excluding carboxylic acids is 1. The van der Waals surface area contributed by atoms with E-state index in [0.717, 1.165) is 0 Å². The van der Waals surface area contributed by atoms with Crippen molar-refractivity contribution in [2.45, 2.75) is 19.1 Å². The van der Waals surface area contributed by atoms with E-state index < -0.39 is 12.1 Å². The molecule has 6 nitrogen and oxygen atoms in total. The molecule has 0 aliphatic rings. The molecule has 28 heavy (non-hydrogen) atoms. The summed E-state index contributed by atoms with van der Waals surface area (Å²) in [7, 11) is 1.28. The lowest BCUT2D eigenvalue weighted by molar-refractivity contribution is 0.0602. The highest BCUT2D eigenvalue weighted by atomic mass is 35.5. The Morgan fingerprint density at radius 1 is 1.21 bits per heavy atom. The Balaban J connectivity index is 2.26. The molecule has 0 aliphatic carbocycles. The summed E-state index contributed by atoms with van der Waals surface area (Å²) in [5.74, 6) is -0.316. The molecule has 1 heterocycles. The minimum Gasteiger partial charge on any atom is -0.465 e. The number of aromatic nitrogens is 2. The van der Waals surface area contributed by atoms with Gasteiger partial charge in [-0.05, 0) is 30.7 Å². The summed E-state index contributed by atoms with van der Waals surface area (Å²) in [5, 5.41) is 21.3. The highest BCUT2D eigenvalue weighted by Crippen LogP contribution is 2.35. The molecule has 1 atom stereocenters. The van der Waals surface area contributed by atoms with Gasteiger partial charge in [-0.3, -0.25) is 0 Å². The molecular weight excluding hydrogens is 427 g/mol. The van der Waals surface area contributed by atoms with Crippen molar-refractivity contribution in [3.05, 3.63) is 62.4 Å². The Bertz CT molecular complexity index is 1040. The number of rotatable bonds is 6.